The monoisotopic (exact) mass is 1840 g/mol. The Morgan fingerprint density at radius 1 is 0.312 bits per heavy atom. The molecule has 0 aromatic heterocycles. The maximum Gasteiger partial charge on any atom is 0.343 e. The maximum absolute atomic E-state index is 12.4. The van der Waals surface area contributed by atoms with Gasteiger partial charge in [0, 0.05) is 12.5 Å². The van der Waals surface area contributed by atoms with Crippen LogP contribution in [0.4, 0.5) is 0 Å². The van der Waals surface area contributed by atoms with Gasteiger partial charge in [-0.05, 0) is 316 Å². The molecule has 3 aliphatic rings. The topological polar surface area (TPSA) is 197 Å². The number of ether oxygens (including phenoxy) is 8. The lowest BCUT2D eigenvalue weighted by molar-refractivity contribution is -0.128. The molecule has 1 saturated heterocycles. The van der Waals surface area contributed by atoms with Gasteiger partial charge in [-0.1, -0.05) is 289 Å². The van der Waals surface area contributed by atoms with Crippen molar-refractivity contribution in [2.24, 2.45) is 11.8 Å². The molecule has 3 fully saturated rings. The zero-order valence-corrected chi connectivity index (χ0v) is 79.9. The van der Waals surface area contributed by atoms with Crippen LogP contribution in [0.15, 0.2) is 343 Å². The van der Waals surface area contributed by atoms with E-state index >= 15 is 0 Å². The van der Waals surface area contributed by atoms with Crippen LogP contribution in [-0.2, 0) is 27.1 Å². The number of esters is 7. The molecule has 1 aliphatic heterocycles. The molecule has 0 N–H and O–H groups in total. The minimum Gasteiger partial charge on any atom is -0.459 e. The maximum atomic E-state index is 12.4. The highest BCUT2D eigenvalue weighted by molar-refractivity contribution is 5.95. The number of aryl methyl sites for hydroxylation is 4. The van der Waals surface area contributed by atoms with Crippen LogP contribution < -0.4 is 28.4 Å². The summed E-state index contributed by atoms with van der Waals surface area (Å²) in [6, 6.07) is 91.6. The molecule has 0 radical (unpaired) electrons. The van der Waals surface area contributed by atoms with E-state index in [1.165, 1.54) is 59.6 Å². The smallest absolute Gasteiger partial charge is 0.343 e. The second-order valence-corrected chi connectivity index (χ2v) is 34.6. The van der Waals surface area contributed by atoms with Crippen LogP contribution in [0.25, 0.3) is 42.5 Å². The Morgan fingerprint density at radius 2 is 0.609 bits per heavy atom. The zero-order chi connectivity index (χ0) is 98.4. The summed E-state index contributed by atoms with van der Waals surface area (Å²) in [5.41, 5.74) is 20.9. The van der Waals surface area contributed by atoms with Gasteiger partial charge in [0.2, 0.25) is 0 Å². The van der Waals surface area contributed by atoms with E-state index in [0.717, 1.165) is 124 Å². The third kappa shape index (κ3) is 32.8. The molecule has 138 heavy (non-hydrogen) atoms. The molecule has 2 saturated carbocycles. The Morgan fingerprint density at radius 3 is 1.00 bits per heavy atom. The summed E-state index contributed by atoms with van der Waals surface area (Å²) in [6.45, 7) is 39.1. The molecule has 0 amide bonds. The van der Waals surface area contributed by atoms with E-state index in [9.17, 15) is 33.6 Å². The minimum absolute atomic E-state index is 0.104. The fraction of sp³-hybridized carbons (Fsp3) is 0.195. The summed E-state index contributed by atoms with van der Waals surface area (Å²) >= 11 is 0. The van der Waals surface area contributed by atoms with Crippen molar-refractivity contribution in [3.8, 4) is 34.5 Å². The van der Waals surface area contributed by atoms with Crippen molar-refractivity contribution >= 4 is 84.3 Å². The van der Waals surface area contributed by atoms with Crippen molar-refractivity contribution in [3.63, 3.8) is 0 Å². The lowest BCUT2D eigenvalue weighted by atomic mass is 9.79. The van der Waals surface area contributed by atoms with E-state index < -0.39 is 23.9 Å². The molecule has 13 aromatic rings. The first-order valence-electron chi connectivity index (χ1n) is 46.5. The largest absolute Gasteiger partial charge is 0.459 e. The van der Waals surface area contributed by atoms with Gasteiger partial charge in [-0.3, -0.25) is 0 Å². The number of hydrogen-bond acceptors (Lipinski definition) is 15. The van der Waals surface area contributed by atoms with Crippen molar-refractivity contribution in [2.75, 3.05) is 6.61 Å². The Hall–Kier alpha value is -15.7. The van der Waals surface area contributed by atoms with E-state index in [2.05, 4.69) is 102 Å². The number of epoxide rings is 1. The number of carbonyl (C=O) groups excluding carboxylic acids is 7. The minimum atomic E-state index is -0.459. The number of rotatable bonds is 26. The highest BCUT2D eigenvalue weighted by atomic mass is 16.6. The van der Waals surface area contributed by atoms with Crippen LogP contribution in [-0.4, -0.2) is 60.6 Å². The van der Waals surface area contributed by atoms with Crippen molar-refractivity contribution < 1.29 is 71.5 Å². The van der Waals surface area contributed by atoms with Gasteiger partial charge in [0.1, 0.15) is 40.6 Å². The van der Waals surface area contributed by atoms with E-state index in [0.29, 0.717) is 79.5 Å². The van der Waals surface area contributed by atoms with Gasteiger partial charge < -0.3 is 37.9 Å². The molecule has 15 heteroatoms. The average molecular weight is 1840 g/mol. The predicted octanol–water partition coefficient (Wildman–Crippen LogP) is 29.1. The number of carbonyl (C=O) groups is 7. The SMILES string of the molecule is C=Cc1ccc(/C=C/C(=O)Oc2ccc(C)cc2)cc1.C=Cc1ccc(C(=O)OC2CCC(C)CC2)cc1.C=Cc1ccc(C(=O)Oc2ccc(OC(=O)c3ccc(C)cc3)c(C)c2)cc1.C=Cc1ccc(C(=O)Oc2ccc(OC(=O)c3ccc(C=C)cc3)c(C)c2C)cc1.C=Cc1ccc(Cc2ccc(C3CCC(C)CC3)cc2)cc1.Cc1ccc(OC(=O)c2ccc(CC3CO3)cc2)cc1. The molecule has 1 unspecified atom stereocenters. The van der Waals surface area contributed by atoms with Crippen LogP contribution in [0.1, 0.15) is 228 Å². The highest BCUT2D eigenvalue weighted by Crippen LogP contribution is 2.37. The molecular formula is C123H120O15. The second-order valence-electron chi connectivity index (χ2n) is 34.6. The normalized spacial score (nSPS) is 14.7. The molecular weight excluding hydrogens is 1720 g/mol. The van der Waals surface area contributed by atoms with Gasteiger partial charge >= 0.3 is 41.8 Å². The summed E-state index contributed by atoms with van der Waals surface area (Å²) in [5.74, 6) is 2.50. The first-order chi connectivity index (χ1) is 66.7. The molecule has 702 valence electrons. The summed E-state index contributed by atoms with van der Waals surface area (Å²) in [6.07, 6.45) is 25.9. The lowest BCUT2D eigenvalue weighted by Crippen LogP contribution is -2.23. The van der Waals surface area contributed by atoms with Gasteiger partial charge in [-0.2, -0.15) is 0 Å². The van der Waals surface area contributed by atoms with Gasteiger partial charge in [0.05, 0.1) is 46.1 Å². The second kappa shape index (κ2) is 52.2. The predicted molar refractivity (Wildman–Crippen MR) is 556 cm³/mol. The van der Waals surface area contributed by atoms with Gasteiger partial charge in [-0.25, -0.2) is 33.6 Å². The van der Waals surface area contributed by atoms with Crippen LogP contribution in [0.5, 0.6) is 34.5 Å². The van der Waals surface area contributed by atoms with E-state index in [1.807, 2.05) is 126 Å². The average Bonchev–Trinajstić information content (AvgIpc) is 1.07. The molecule has 16 rings (SSSR count). The van der Waals surface area contributed by atoms with E-state index in [1.54, 1.807) is 207 Å². The summed E-state index contributed by atoms with van der Waals surface area (Å²) < 4.78 is 43.2. The van der Waals surface area contributed by atoms with Gasteiger partial charge in [-0.15, -0.1) is 0 Å². The third-order valence-corrected chi connectivity index (χ3v) is 23.9. The highest BCUT2D eigenvalue weighted by Gasteiger charge is 2.26. The zero-order valence-electron chi connectivity index (χ0n) is 79.9. The molecule has 1 atom stereocenters. The lowest BCUT2D eigenvalue weighted by Gasteiger charge is -2.26. The third-order valence-electron chi connectivity index (χ3n) is 23.9. The summed E-state index contributed by atoms with van der Waals surface area (Å²) in [4.78, 5) is 85.0. The van der Waals surface area contributed by atoms with Crippen LogP contribution in [0, 0.1) is 53.4 Å². The molecule has 0 spiro atoms. The molecule has 13 aromatic carbocycles. The van der Waals surface area contributed by atoms with Crippen molar-refractivity contribution in [1.82, 2.24) is 0 Å². The van der Waals surface area contributed by atoms with Gasteiger partial charge in [0.15, 0.2) is 0 Å². The van der Waals surface area contributed by atoms with Crippen molar-refractivity contribution in [1.29, 1.82) is 0 Å². The Bertz CT molecular complexity index is 6240. The fourth-order valence-electron chi connectivity index (χ4n) is 14.9. The van der Waals surface area contributed by atoms with Crippen molar-refractivity contribution in [3.05, 3.63) is 471 Å². The standard InChI is InChI=1S/C26H22O4.C24H20O4.C22H26.C18H16O2.C17H16O3.C16H20O2/c1-5-19-7-11-21(12-8-19)25(27)29-23-15-16-24(18(4)17(23)3)30-26(28)22-13-9-20(6-2)10-14-22;1-4-18-7-11-20(12-8-18)23(25)27-21-13-14-22(17(3)15-21)28-24(26)19-9-5-16(2)6-10-19;1-3-18-6-8-19(9-7-18)16-20-10-14-22(15-11-20)21-12-4-17(2)5-13-21;1-3-15-6-8-16(9-7-15)10-13-18(19)20-17-11-4-14(2)5-12-17;1-12-2-8-15(9-3-12)20-17(18)14-6-4-13(5-7-14)10-16-11-19-16;1-3-13-6-8-14(9-7-13)16(17)18-15-10-4-12(2)5-11-15/h5-16H,1-2H2,3-4H3;4-15H,1H2,2-3H3;3,6-11,14-15,17,21H,1,4-5,12-13,16H2,2H3;3-13H,1H2,2H3;2-9,16H,10-11H2,1H3;3,6-9,12,15H,1,4-5,10-11H2,2H3/b;;;13-10+;;. The summed E-state index contributed by atoms with van der Waals surface area (Å²) in [5, 5.41) is 0. The van der Waals surface area contributed by atoms with E-state index in [-0.39, 0.29) is 24.0 Å². The molecule has 15 nitrogen and oxygen atoms in total. The number of benzene rings is 13. The Kier molecular flexibility index (Phi) is 38.9. The van der Waals surface area contributed by atoms with Crippen LogP contribution >= 0.6 is 0 Å². The Labute approximate surface area is 812 Å². The van der Waals surface area contributed by atoms with Crippen molar-refractivity contribution in [2.45, 2.75) is 138 Å². The quantitative estimate of drug-likeness (QED) is 0.0215. The first kappa shape index (κ1) is 103. The molecule has 0 bridgehead atoms. The Balaban J connectivity index is 0.000000160. The number of hydrogen-bond donors (Lipinski definition) is 0. The van der Waals surface area contributed by atoms with Crippen LogP contribution in [0.2, 0.25) is 0 Å². The molecule has 1 heterocycles. The van der Waals surface area contributed by atoms with E-state index in [4.69, 9.17) is 37.9 Å². The molecule has 2 aliphatic carbocycles. The fourth-order valence-corrected chi connectivity index (χ4v) is 14.9. The summed E-state index contributed by atoms with van der Waals surface area (Å²) in [7, 11) is 0. The van der Waals surface area contributed by atoms with Crippen LogP contribution in [0.3, 0.4) is 0 Å². The first-order valence-corrected chi connectivity index (χ1v) is 46.5. The van der Waals surface area contributed by atoms with Gasteiger partial charge in [0.25, 0.3) is 0 Å².